The van der Waals surface area contributed by atoms with Crippen LogP contribution in [0.1, 0.15) is 91.7 Å². The van der Waals surface area contributed by atoms with Gasteiger partial charge in [0.25, 0.3) is 0 Å². The van der Waals surface area contributed by atoms with Crippen molar-refractivity contribution in [3.63, 3.8) is 0 Å². The number of anilines is 1. The summed E-state index contributed by atoms with van der Waals surface area (Å²) in [6, 6.07) is 9.10. The smallest absolute Gasteiger partial charge is 0.170 e. The fourth-order valence-corrected chi connectivity index (χ4v) is 7.62. The average Bonchev–Trinajstić information content (AvgIpc) is 3.60. The number of carbonyl (C=O) groups excluding carboxylic acids is 2. The van der Waals surface area contributed by atoms with Gasteiger partial charge in [0.2, 0.25) is 0 Å². The number of H-pyrrole nitrogens is 1. The minimum Gasteiger partial charge on any atom is -0.504 e. The molecule has 47 heavy (non-hydrogen) atoms. The van der Waals surface area contributed by atoms with Gasteiger partial charge < -0.3 is 35.9 Å². The molecule has 2 aliphatic carbocycles. The highest BCUT2D eigenvalue weighted by Crippen LogP contribution is 2.53. The average molecular weight is 646 g/mol. The summed E-state index contributed by atoms with van der Waals surface area (Å²) in [5.41, 5.74) is 8.76. The summed E-state index contributed by atoms with van der Waals surface area (Å²) in [6.45, 7) is -0.147. The second-order valence-corrected chi connectivity index (χ2v) is 13.4. The normalized spacial score (nSPS) is 20.8. The van der Waals surface area contributed by atoms with Crippen LogP contribution in [0.2, 0.25) is 0 Å². The second kappa shape index (κ2) is 14.8. The van der Waals surface area contributed by atoms with Crippen molar-refractivity contribution in [1.82, 2.24) is 9.97 Å². The van der Waals surface area contributed by atoms with E-state index in [4.69, 9.17) is 10.5 Å². The van der Waals surface area contributed by atoms with Gasteiger partial charge in [0.05, 0.1) is 13.7 Å². The number of nitrogens with zero attached hydrogens (tertiary/aromatic N) is 1. The number of phenols is 1. The molecule has 0 saturated heterocycles. The summed E-state index contributed by atoms with van der Waals surface area (Å²) in [5, 5.41) is 43.1. The topological polar surface area (TPSA) is 179 Å². The van der Waals surface area contributed by atoms with Gasteiger partial charge in [-0.25, -0.2) is 4.98 Å². The molecule has 2 aromatic heterocycles. The first-order valence-corrected chi connectivity index (χ1v) is 16.6. The zero-order valence-corrected chi connectivity index (χ0v) is 27.1. The molecule has 1 fully saturated rings. The van der Waals surface area contributed by atoms with Gasteiger partial charge in [-0.3, -0.25) is 9.59 Å². The largest absolute Gasteiger partial charge is 0.504 e. The summed E-state index contributed by atoms with van der Waals surface area (Å²) in [6.07, 6.45) is 12.5. The number of nitrogen functional groups attached to an aromatic ring is 1. The minimum atomic E-state index is -1.71. The first-order valence-electron chi connectivity index (χ1n) is 16.6. The van der Waals surface area contributed by atoms with E-state index in [9.17, 15) is 30.0 Å². The van der Waals surface area contributed by atoms with Crippen LogP contribution in [0.3, 0.4) is 0 Å². The number of nitrogens with two attached hydrogens (primary N) is 1. The molecule has 252 valence electrons. The first-order chi connectivity index (χ1) is 22.7. The molecule has 0 bridgehead atoms. The molecule has 0 unspecified atom stereocenters. The molecule has 10 nitrogen and oxygen atoms in total. The lowest BCUT2D eigenvalue weighted by molar-refractivity contribution is -0.138. The minimum absolute atomic E-state index is 0.0858. The number of methoxy groups -OCH3 is 1. The standard InChI is InChI=1S/C37H47N3O7/c1-47-31-20-24(9-10-30(44)34(46)29(43)8-5-15-36(22-41)13-3-2-4-14-36)19-28(33(31)45)32-26-12-18-40-35(38)27(26)11-16-37(32,23-42)21-25-7-6-17-39-25/h6-7,11-12,16-20,32,34,39,41-42,45-46H,2-5,8-10,13-15,21-23H2,1H3,(H2,38,40)/t32-,34+,37-/m0/s1. The fourth-order valence-electron chi connectivity index (χ4n) is 7.62. The Morgan fingerprint density at radius 1 is 1.09 bits per heavy atom. The Labute approximate surface area is 275 Å². The van der Waals surface area contributed by atoms with Gasteiger partial charge in [-0.2, -0.15) is 0 Å². The highest BCUT2D eigenvalue weighted by molar-refractivity contribution is 6.05. The van der Waals surface area contributed by atoms with E-state index < -0.39 is 29.0 Å². The number of benzene rings is 1. The van der Waals surface area contributed by atoms with Crippen LogP contribution >= 0.6 is 0 Å². The number of phenolic OH excluding ortho intramolecular Hbond substituents is 1. The summed E-state index contributed by atoms with van der Waals surface area (Å²) in [5.74, 6) is -1.21. The number of aliphatic hydroxyl groups excluding tert-OH is 3. The lowest BCUT2D eigenvalue weighted by Crippen LogP contribution is -2.36. The van der Waals surface area contributed by atoms with E-state index in [1.165, 1.54) is 7.11 Å². The van der Waals surface area contributed by atoms with Crippen LogP contribution in [-0.2, 0) is 22.4 Å². The number of aromatic amines is 1. The van der Waals surface area contributed by atoms with Crippen LogP contribution in [0.4, 0.5) is 5.82 Å². The molecule has 2 heterocycles. The summed E-state index contributed by atoms with van der Waals surface area (Å²) >= 11 is 0. The van der Waals surface area contributed by atoms with Crippen molar-refractivity contribution in [3.05, 3.63) is 76.7 Å². The molecule has 0 spiro atoms. The van der Waals surface area contributed by atoms with Gasteiger partial charge in [-0.1, -0.05) is 37.5 Å². The van der Waals surface area contributed by atoms with Crippen LogP contribution in [0, 0.1) is 10.8 Å². The first kappa shape index (κ1) is 34.3. The maximum absolute atomic E-state index is 13.0. The van der Waals surface area contributed by atoms with Crippen molar-refractivity contribution in [2.75, 3.05) is 26.1 Å². The van der Waals surface area contributed by atoms with E-state index >= 15 is 0 Å². The van der Waals surface area contributed by atoms with Crippen LogP contribution in [-0.4, -0.2) is 68.4 Å². The van der Waals surface area contributed by atoms with E-state index in [1.54, 1.807) is 18.3 Å². The predicted octanol–water partition coefficient (Wildman–Crippen LogP) is 4.63. The van der Waals surface area contributed by atoms with E-state index in [-0.39, 0.29) is 49.4 Å². The number of ether oxygens (including phenoxy) is 1. The van der Waals surface area contributed by atoms with E-state index in [0.29, 0.717) is 41.8 Å². The fraction of sp³-hybridized carbons (Fsp3) is 0.486. The third-order valence-electron chi connectivity index (χ3n) is 10.3. The Hall–Kier alpha value is -3.99. The molecule has 10 heteroatoms. The van der Waals surface area contributed by atoms with Crippen LogP contribution in [0.5, 0.6) is 11.5 Å². The molecule has 5 rings (SSSR count). The number of hydrogen-bond donors (Lipinski definition) is 6. The second-order valence-electron chi connectivity index (χ2n) is 13.4. The number of carbonyl (C=O) groups is 2. The number of ketones is 2. The predicted molar refractivity (Wildman–Crippen MR) is 179 cm³/mol. The molecule has 1 saturated carbocycles. The molecule has 1 aromatic carbocycles. The number of aromatic nitrogens is 2. The van der Waals surface area contributed by atoms with Crippen molar-refractivity contribution in [2.24, 2.45) is 10.8 Å². The number of rotatable bonds is 15. The lowest BCUT2D eigenvalue weighted by Gasteiger charge is -2.41. The van der Waals surface area contributed by atoms with Crippen molar-refractivity contribution in [2.45, 2.75) is 82.7 Å². The SMILES string of the molecule is COc1cc(CCC(=O)[C@H](O)C(=O)CCCC2(CO)CCCCC2)cc([C@@H]2c3ccnc(N)c3C=C[C@@]2(CO)Cc2ccc[nH]2)c1O. The highest BCUT2D eigenvalue weighted by Gasteiger charge is 2.44. The summed E-state index contributed by atoms with van der Waals surface area (Å²) in [7, 11) is 1.44. The molecule has 3 aromatic rings. The number of pyridine rings is 1. The number of aromatic hydroxyl groups is 1. The molecule has 2 aliphatic rings. The molecule has 0 radical (unpaired) electrons. The van der Waals surface area contributed by atoms with Crippen LogP contribution in [0.15, 0.2) is 48.8 Å². The van der Waals surface area contributed by atoms with Gasteiger partial charge >= 0.3 is 0 Å². The van der Waals surface area contributed by atoms with Gasteiger partial charge in [0, 0.05) is 60.0 Å². The maximum atomic E-state index is 13.0. The van der Waals surface area contributed by atoms with Crippen molar-refractivity contribution < 1.29 is 34.8 Å². The molecule has 3 atom stereocenters. The Morgan fingerprint density at radius 2 is 1.85 bits per heavy atom. The Bertz CT molecular complexity index is 1580. The molecule has 0 aliphatic heterocycles. The Balaban J connectivity index is 1.36. The van der Waals surface area contributed by atoms with Gasteiger partial charge in [0.1, 0.15) is 5.82 Å². The quantitative estimate of drug-likeness (QED) is 0.129. The maximum Gasteiger partial charge on any atom is 0.170 e. The van der Waals surface area contributed by atoms with Crippen LogP contribution in [0.25, 0.3) is 6.08 Å². The number of hydrogen-bond acceptors (Lipinski definition) is 9. The van der Waals surface area contributed by atoms with E-state index in [0.717, 1.165) is 43.4 Å². The molecule has 7 N–H and O–H groups in total. The number of Topliss-reactive ketones (excluding diaryl/α,β-unsaturated/α-hetero) is 2. The van der Waals surface area contributed by atoms with E-state index in [2.05, 4.69) is 9.97 Å². The summed E-state index contributed by atoms with van der Waals surface area (Å²) in [4.78, 5) is 33.3. The number of fused-ring (bicyclic) bond motifs is 1. The number of nitrogens with one attached hydrogen (secondary N) is 1. The zero-order valence-electron chi connectivity index (χ0n) is 27.1. The van der Waals surface area contributed by atoms with Crippen molar-refractivity contribution in [3.8, 4) is 11.5 Å². The van der Waals surface area contributed by atoms with Crippen molar-refractivity contribution >= 4 is 23.5 Å². The van der Waals surface area contributed by atoms with Gasteiger partial charge in [-0.05, 0) is 79.3 Å². The summed E-state index contributed by atoms with van der Waals surface area (Å²) < 4.78 is 5.56. The van der Waals surface area contributed by atoms with Gasteiger partial charge in [0.15, 0.2) is 29.2 Å². The van der Waals surface area contributed by atoms with Gasteiger partial charge in [-0.15, -0.1) is 0 Å². The zero-order chi connectivity index (χ0) is 33.6. The third kappa shape index (κ3) is 7.30. The van der Waals surface area contributed by atoms with E-state index in [1.807, 2.05) is 36.5 Å². The van der Waals surface area contributed by atoms with Crippen molar-refractivity contribution in [1.29, 1.82) is 0 Å². The number of aliphatic hydroxyl groups is 3. The third-order valence-corrected chi connectivity index (χ3v) is 10.3. The molecular weight excluding hydrogens is 598 g/mol. The number of aryl methyl sites for hydroxylation is 1. The molecule has 0 amide bonds. The lowest BCUT2D eigenvalue weighted by atomic mass is 9.63. The monoisotopic (exact) mass is 645 g/mol. The Morgan fingerprint density at radius 3 is 2.53 bits per heavy atom. The Kier molecular flexibility index (Phi) is 10.8. The molecular formula is C37H47N3O7. The highest BCUT2D eigenvalue weighted by atomic mass is 16.5. The van der Waals surface area contributed by atoms with Crippen LogP contribution < -0.4 is 10.5 Å².